The van der Waals surface area contributed by atoms with Gasteiger partial charge in [-0.3, -0.25) is 4.79 Å². The number of amides is 1. The van der Waals surface area contributed by atoms with Gasteiger partial charge in [0, 0.05) is 23.7 Å². The molecule has 0 N–H and O–H groups in total. The molecule has 0 aliphatic carbocycles. The summed E-state index contributed by atoms with van der Waals surface area (Å²) in [5.74, 6) is 0.160. The fourth-order valence-corrected chi connectivity index (χ4v) is 2.00. The summed E-state index contributed by atoms with van der Waals surface area (Å²) in [5.41, 5.74) is 1.99. The Labute approximate surface area is 94.2 Å². The van der Waals surface area contributed by atoms with Crippen LogP contribution in [0.5, 0.6) is 0 Å². The van der Waals surface area contributed by atoms with Crippen molar-refractivity contribution in [2.45, 2.75) is 13.3 Å². The molecule has 0 saturated heterocycles. The van der Waals surface area contributed by atoms with Gasteiger partial charge in [-0.1, -0.05) is 29.8 Å². The summed E-state index contributed by atoms with van der Waals surface area (Å²) >= 11 is 5.92. The highest BCUT2D eigenvalue weighted by Gasteiger charge is 2.22. The highest BCUT2D eigenvalue weighted by molar-refractivity contribution is 6.30. The van der Waals surface area contributed by atoms with Crippen molar-refractivity contribution < 1.29 is 4.79 Å². The van der Waals surface area contributed by atoms with Gasteiger partial charge >= 0.3 is 0 Å². The van der Waals surface area contributed by atoms with Gasteiger partial charge in [-0.15, -0.1) is 0 Å². The SMILES string of the molecule is CCN1C(=O)CC=C1c1cccc(Cl)c1. The molecule has 1 aromatic carbocycles. The minimum atomic E-state index is 0.160. The quantitative estimate of drug-likeness (QED) is 0.752. The molecule has 2 rings (SSSR count). The van der Waals surface area contributed by atoms with Crippen LogP contribution in [-0.4, -0.2) is 17.4 Å². The molecule has 1 heterocycles. The Kier molecular flexibility index (Phi) is 2.78. The van der Waals surface area contributed by atoms with E-state index in [2.05, 4.69) is 0 Å². The summed E-state index contributed by atoms with van der Waals surface area (Å²) in [6.07, 6.45) is 2.45. The number of nitrogens with zero attached hydrogens (tertiary/aromatic N) is 1. The Morgan fingerprint density at radius 1 is 1.47 bits per heavy atom. The molecule has 0 fully saturated rings. The number of halogens is 1. The van der Waals surface area contributed by atoms with Crippen molar-refractivity contribution in [2.75, 3.05) is 6.54 Å². The molecule has 1 amide bonds. The smallest absolute Gasteiger partial charge is 0.230 e. The number of rotatable bonds is 2. The molecule has 0 saturated carbocycles. The summed E-state index contributed by atoms with van der Waals surface area (Å²) in [4.78, 5) is 13.3. The normalized spacial score (nSPS) is 15.7. The number of hydrogen-bond acceptors (Lipinski definition) is 1. The van der Waals surface area contributed by atoms with Crippen LogP contribution < -0.4 is 0 Å². The molecule has 1 aromatic rings. The van der Waals surface area contributed by atoms with E-state index in [-0.39, 0.29) is 5.91 Å². The third-order valence-electron chi connectivity index (χ3n) is 2.50. The largest absolute Gasteiger partial charge is 0.312 e. The average Bonchev–Trinajstić information content (AvgIpc) is 2.59. The Morgan fingerprint density at radius 2 is 2.27 bits per heavy atom. The third-order valence-corrected chi connectivity index (χ3v) is 2.73. The zero-order valence-corrected chi connectivity index (χ0v) is 9.29. The molecule has 3 heteroatoms. The molecule has 0 spiro atoms. The predicted molar refractivity (Wildman–Crippen MR) is 61.4 cm³/mol. The van der Waals surface area contributed by atoms with Gasteiger partial charge in [0.05, 0.1) is 0 Å². The molecule has 0 aromatic heterocycles. The second-order valence-electron chi connectivity index (χ2n) is 3.44. The van der Waals surface area contributed by atoms with Crippen LogP contribution in [0.1, 0.15) is 18.9 Å². The van der Waals surface area contributed by atoms with E-state index in [1.807, 2.05) is 37.3 Å². The monoisotopic (exact) mass is 221 g/mol. The van der Waals surface area contributed by atoms with Crippen LogP contribution in [0.2, 0.25) is 5.02 Å². The van der Waals surface area contributed by atoms with Gasteiger partial charge < -0.3 is 4.90 Å². The van der Waals surface area contributed by atoms with Gasteiger partial charge in [-0.25, -0.2) is 0 Å². The lowest BCUT2D eigenvalue weighted by atomic mass is 10.1. The molecule has 0 radical (unpaired) electrons. The van der Waals surface area contributed by atoms with E-state index in [4.69, 9.17) is 11.6 Å². The molecule has 1 aliphatic heterocycles. The molecule has 78 valence electrons. The fraction of sp³-hybridized carbons (Fsp3) is 0.250. The van der Waals surface area contributed by atoms with Gasteiger partial charge in [-0.05, 0) is 24.6 Å². The summed E-state index contributed by atoms with van der Waals surface area (Å²) < 4.78 is 0. The summed E-state index contributed by atoms with van der Waals surface area (Å²) in [7, 11) is 0. The van der Waals surface area contributed by atoms with E-state index in [0.29, 0.717) is 18.0 Å². The van der Waals surface area contributed by atoms with E-state index in [1.54, 1.807) is 4.90 Å². The van der Waals surface area contributed by atoms with Gasteiger partial charge in [0.15, 0.2) is 0 Å². The van der Waals surface area contributed by atoms with E-state index in [1.165, 1.54) is 0 Å². The number of benzene rings is 1. The summed E-state index contributed by atoms with van der Waals surface area (Å²) in [6.45, 7) is 2.68. The lowest BCUT2D eigenvalue weighted by molar-refractivity contribution is -0.125. The lowest BCUT2D eigenvalue weighted by Crippen LogP contribution is -2.23. The Hall–Kier alpha value is -1.28. The second kappa shape index (κ2) is 4.07. The van der Waals surface area contributed by atoms with Crippen molar-refractivity contribution in [3.63, 3.8) is 0 Å². The first-order valence-electron chi connectivity index (χ1n) is 4.99. The molecule has 0 atom stereocenters. The van der Waals surface area contributed by atoms with E-state index < -0.39 is 0 Å². The average molecular weight is 222 g/mol. The van der Waals surface area contributed by atoms with Crippen LogP contribution in [-0.2, 0) is 4.79 Å². The van der Waals surface area contributed by atoms with Crippen molar-refractivity contribution in [3.8, 4) is 0 Å². The van der Waals surface area contributed by atoms with Gasteiger partial charge in [-0.2, -0.15) is 0 Å². The first-order chi connectivity index (χ1) is 7.22. The second-order valence-corrected chi connectivity index (χ2v) is 3.88. The Morgan fingerprint density at radius 3 is 2.93 bits per heavy atom. The molecular weight excluding hydrogens is 210 g/mol. The Bertz CT molecular complexity index is 425. The van der Waals surface area contributed by atoms with Crippen LogP contribution in [0.3, 0.4) is 0 Å². The minimum Gasteiger partial charge on any atom is -0.312 e. The predicted octanol–water partition coefficient (Wildman–Crippen LogP) is 2.93. The van der Waals surface area contributed by atoms with Crippen molar-refractivity contribution in [1.82, 2.24) is 4.90 Å². The van der Waals surface area contributed by atoms with Crippen LogP contribution in [0.25, 0.3) is 5.70 Å². The standard InChI is InChI=1S/C12H12ClNO/c1-2-14-11(6-7-12(14)15)9-4-3-5-10(13)8-9/h3-6,8H,2,7H2,1H3. The summed E-state index contributed by atoms with van der Waals surface area (Å²) in [6, 6.07) is 7.58. The maximum atomic E-state index is 11.5. The fourth-order valence-electron chi connectivity index (χ4n) is 1.81. The lowest BCUT2D eigenvalue weighted by Gasteiger charge is -2.18. The Balaban J connectivity index is 2.35. The van der Waals surface area contributed by atoms with Crippen molar-refractivity contribution in [1.29, 1.82) is 0 Å². The molecule has 0 bridgehead atoms. The topological polar surface area (TPSA) is 20.3 Å². The molecule has 15 heavy (non-hydrogen) atoms. The van der Waals surface area contributed by atoms with Gasteiger partial charge in [0.1, 0.15) is 0 Å². The highest BCUT2D eigenvalue weighted by Crippen LogP contribution is 2.27. The summed E-state index contributed by atoms with van der Waals surface area (Å²) in [5, 5.41) is 0.698. The molecule has 0 unspecified atom stereocenters. The third kappa shape index (κ3) is 1.90. The van der Waals surface area contributed by atoms with E-state index in [9.17, 15) is 4.79 Å². The first kappa shape index (κ1) is 10.2. The number of hydrogen-bond donors (Lipinski definition) is 0. The van der Waals surface area contributed by atoms with Crippen LogP contribution >= 0.6 is 11.6 Å². The van der Waals surface area contributed by atoms with Gasteiger partial charge in [0.25, 0.3) is 0 Å². The first-order valence-corrected chi connectivity index (χ1v) is 5.36. The van der Waals surface area contributed by atoms with Crippen LogP contribution in [0.15, 0.2) is 30.3 Å². The van der Waals surface area contributed by atoms with E-state index in [0.717, 1.165) is 11.3 Å². The van der Waals surface area contributed by atoms with Gasteiger partial charge in [0.2, 0.25) is 5.91 Å². The molecule has 1 aliphatic rings. The van der Waals surface area contributed by atoms with Crippen molar-refractivity contribution in [3.05, 3.63) is 40.9 Å². The van der Waals surface area contributed by atoms with Crippen LogP contribution in [0, 0.1) is 0 Å². The molecule has 2 nitrogen and oxygen atoms in total. The van der Waals surface area contributed by atoms with E-state index >= 15 is 0 Å². The van der Waals surface area contributed by atoms with Crippen molar-refractivity contribution >= 4 is 23.2 Å². The van der Waals surface area contributed by atoms with Crippen molar-refractivity contribution in [2.24, 2.45) is 0 Å². The zero-order chi connectivity index (χ0) is 10.8. The zero-order valence-electron chi connectivity index (χ0n) is 8.53. The minimum absolute atomic E-state index is 0.160. The molecular formula is C12H12ClNO. The number of carbonyl (C=O) groups is 1. The highest BCUT2D eigenvalue weighted by atomic mass is 35.5. The maximum absolute atomic E-state index is 11.5. The maximum Gasteiger partial charge on any atom is 0.230 e. The number of carbonyl (C=O) groups excluding carboxylic acids is 1. The van der Waals surface area contributed by atoms with Crippen LogP contribution in [0.4, 0.5) is 0 Å².